The molecule has 0 atom stereocenters. The van der Waals surface area contributed by atoms with Gasteiger partial charge in [0, 0.05) is 36.7 Å². The summed E-state index contributed by atoms with van der Waals surface area (Å²) in [5.41, 5.74) is 12.9. The summed E-state index contributed by atoms with van der Waals surface area (Å²) >= 11 is 1.87. The lowest BCUT2D eigenvalue weighted by Gasteiger charge is -2.35. The van der Waals surface area contributed by atoms with Crippen LogP contribution in [-0.4, -0.2) is 0 Å². The van der Waals surface area contributed by atoms with Crippen LogP contribution < -0.4 is 4.90 Å². The molecule has 13 rings (SSSR count). The van der Waals surface area contributed by atoms with E-state index in [4.69, 9.17) is 0 Å². The Morgan fingerprint density at radius 1 is 0.349 bits per heavy atom. The summed E-state index contributed by atoms with van der Waals surface area (Å²) in [6.45, 7) is 0. The molecule has 0 saturated carbocycles. The molecule has 2 heteroatoms. The third-order valence-corrected chi connectivity index (χ3v) is 14.6. The molecule has 1 heterocycles. The number of thiophene rings is 1. The molecule has 1 aliphatic carbocycles. The van der Waals surface area contributed by atoms with Gasteiger partial charge in [0.05, 0.1) is 22.5 Å². The Balaban J connectivity index is 1.24. The molecule has 294 valence electrons. The maximum Gasteiger partial charge on any atom is 0.0714 e. The highest BCUT2D eigenvalue weighted by molar-refractivity contribution is 7.26. The monoisotopic (exact) mass is 817 g/mol. The van der Waals surface area contributed by atoms with Crippen LogP contribution in [-0.2, 0) is 5.41 Å². The molecule has 0 fully saturated rings. The van der Waals surface area contributed by atoms with Crippen LogP contribution in [0.3, 0.4) is 0 Å². The summed E-state index contributed by atoms with van der Waals surface area (Å²) in [4.78, 5) is 2.66. The van der Waals surface area contributed by atoms with Gasteiger partial charge in [-0.05, 0) is 90.6 Å². The summed E-state index contributed by atoms with van der Waals surface area (Å²) in [5.74, 6) is 0. The SMILES string of the molecule is c1ccc(C2(c3ccccc3)c3ccccc3-c3c(N(c4c(-c5ccc6ccccc6c5)c5ccccc5c5ccccc45)c4cccc5sc6ccccc6c45)cccc32)cc1. The fourth-order valence-corrected chi connectivity index (χ4v) is 12.1. The van der Waals surface area contributed by atoms with Crippen molar-refractivity contribution in [1.82, 2.24) is 0 Å². The largest absolute Gasteiger partial charge is 0.308 e. The molecule has 0 bridgehead atoms. The number of rotatable bonds is 6. The topological polar surface area (TPSA) is 3.24 Å². The maximum absolute atomic E-state index is 2.66. The lowest BCUT2D eigenvalue weighted by molar-refractivity contribution is 0.768. The molecule has 1 nitrogen and oxygen atoms in total. The van der Waals surface area contributed by atoms with Gasteiger partial charge in [0.2, 0.25) is 0 Å². The van der Waals surface area contributed by atoms with Crippen molar-refractivity contribution in [2.45, 2.75) is 5.41 Å². The summed E-state index contributed by atoms with van der Waals surface area (Å²) in [6, 6.07) is 88.2. The van der Waals surface area contributed by atoms with Gasteiger partial charge in [0.25, 0.3) is 0 Å². The van der Waals surface area contributed by atoms with E-state index in [1.807, 2.05) is 11.3 Å². The minimum Gasteiger partial charge on any atom is -0.308 e. The van der Waals surface area contributed by atoms with Crippen LogP contribution in [0.5, 0.6) is 0 Å². The van der Waals surface area contributed by atoms with Gasteiger partial charge in [-0.3, -0.25) is 0 Å². The molecular formula is C61H39NS. The Hall–Kier alpha value is -7.78. The van der Waals surface area contributed by atoms with Gasteiger partial charge in [-0.1, -0.05) is 206 Å². The molecule has 0 amide bonds. The van der Waals surface area contributed by atoms with Crippen LogP contribution in [0.2, 0.25) is 0 Å². The first kappa shape index (κ1) is 35.9. The first-order chi connectivity index (χ1) is 31.3. The smallest absolute Gasteiger partial charge is 0.0714 e. The van der Waals surface area contributed by atoms with Crippen LogP contribution in [0.15, 0.2) is 237 Å². The zero-order valence-corrected chi connectivity index (χ0v) is 35.2. The van der Waals surface area contributed by atoms with E-state index in [1.165, 1.54) is 103 Å². The molecule has 0 spiro atoms. The van der Waals surface area contributed by atoms with Crippen molar-refractivity contribution in [2.75, 3.05) is 4.90 Å². The zero-order valence-electron chi connectivity index (χ0n) is 34.4. The predicted octanol–water partition coefficient (Wildman–Crippen LogP) is 17.0. The van der Waals surface area contributed by atoms with Crippen molar-refractivity contribution in [2.24, 2.45) is 0 Å². The predicted molar refractivity (Wildman–Crippen MR) is 269 cm³/mol. The highest BCUT2D eigenvalue weighted by Gasteiger charge is 2.47. The second-order valence-electron chi connectivity index (χ2n) is 16.7. The number of nitrogens with zero attached hydrogens (tertiary/aromatic N) is 1. The van der Waals surface area contributed by atoms with Crippen LogP contribution in [0.25, 0.3) is 74.7 Å². The molecule has 0 saturated heterocycles. The number of anilines is 3. The first-order valence-electron chi connectivity index (χ1n) is 21.8. The Bertz CT molecular complexity index is 3710. The fourth-order valence-electron chi connectivity index (χ4n) is 11.0. The molecule has 0 unspecified atom stereocenters. The minimum absolute atomic E-state index is 0.552. The number of hydrogen-bond acceptors (Lipinski definition) is 2. The number of hydrogen-bond donors (Lipinski definition) is 0. The number of benzene rings is 11. The lowest BCUT2D eigenvalue weighted by Crippen LogP contribution is -2.28. The Morgan fingerprint density at radius 2 is 0.905 bits per heavy atom. The van der Waals surface area contributed by atoms with Crippen LogP contribution in [0.1, 0.15) is 22.3 Å². The Kier molecular flexibility index (Phi) is 8.06. The molecular weight excluding hydrogens is 779 g/mol. The van der Waals surface area contributed by atoms with E-state index in [-0.39, 0.29) is 0 Å². The molecule has 1 aliphatic rings. The van der Waals surface area contributed by atoms with Crippen molar-refractivity contribution in [3.05, 3.63) is 259 Å². The third kappa shape index (κ3) is 5.22. The van der Waals surface area contributed by atoms with E-state index in [2.05, 4.69) is 241 Å². The highest BCUT2D eigenvalue weighted by Crippen LogP contribution is 2.61. The van der Waals surface area contributed by atoms with E-state index in [1.54, 1.807) is 0 Å². The van der Waals surface area contributed by atoms with Crippen molar-refractivity contribution in [3.63, 3.8) is 0 Å². The summed E-state index contributed by atoms with van der Waals surface area (Å²) in [6.07, 6.45) is 0. The first-order valence-corrected chi connectivity index (χ1v) is 22.6. The average molecular weight is 818 g/mol. The van der Waals surface area contributed by atoms with E-state index in [9.17, 15) is 0 Å². The van der Waals surface area contributed by atoms with Crippen LogP contribution in [0.4, 0.5) is 17.1 Å². The fraction of sp³-hybridized carbons (Fsp3) is 0.0164. The molecule has 0 aliphatic heterocycles. The quantitative estimate of drug-likeness (QED) is 0.151. The Morgan fingerprint density at radius 3 is 1.68 bits per heavy atom. The average Bonchev–Trinajstić information content (AvgIpc) is 3.89. The van der Waals surface area contributed by atoms with Gasteiger partial charge in [-0.15, -0.1) is 11.3 Å². The van der Waals surface area contributed by atoms with E-state index < -0.39 is 5.41 Å². The molecule has 0 N–H and O–H groups in total. The minimum atomic E-state index is -0.552. The third-order valence-electron chi connectivity index (χ3n) is 13.5. The lowest BCUT2D eigenvalue weighted by atomic mass is 9.68. The van der Waals surface area contributed by atoms with Gasteiger partial charge in [0.1, 0.15) is 0 Å². The molecule has 12 aromatic rings. The van der Waals surface area contributed by atoms with Crippen molar-refractivity contribution in [1.29, 1.82) is 0 Å². The van der Waals surface area contributed by atoms with Gasteiger partial charge in [0.15, 0.2) is 0 Å². The van der Waals surface area contributed by atoms with Gasteiger partial charge in [-0.25, -0.2) is 0 Å². The van der Waals surface area contributed by atoms with Gasteiger partial charge < -0.3 is 4.90 Å². The Labute approximate surface area is 370 Å². The van der Waals surface area contributed by atoms with Crippen LogP contribution >= 0.6 is 11.3 Å². The standard InChI is InChI=1S/C61H39NS/c1-3-21-43(22-4-1)61(44-23-5-2-6-24-44)51-31-15-13-29-49(51)58-52(61)32-17-33-53(58)62(54-34-18-36-56-59(54)50-30-14-16-35-55(50)63-56)60-48-28-12-10-26-46(48)45-25-9-11-27-47(45)57(60)42-38-37-40-19-7-8-20-41(40)39-42/h1-39H. The summed E-state index contributed by atoms with van der Waals surface area (Å²) < 4.78 is 2.56. The molecule has 0 radical (unpaired) electrons. The van der Waals surface area contributed by atoms with Crippen molar-refractivity contribution < 1.29 is 0 Å². The molecule has 63 heavy (non-hydrogen) atoms. The van der Waals surface area contributed by atoms with Crippen molar-refractivity contribution in [3.8, 4) is 22.3 Å². The second kappa shape index (κ2) is 14.1. The summed E-state index contributed by atoms with van der Waals surface area (Å²) in [5, 5.41) is 9.90. The van der Waals surface area contributed by atoms with Crippen LogP contribution in [0, 0.1) is 0 Å². The maximum atomic E-state index is 2.66. The zero-order chi connectivity index (χ0) is 41.5. The van der Waals surface area contributed by atoms with E-state index in [0.29, 0.717) is 0 Å². The van der Waals surface area contributed by atoms with Gasteiger partial charge >= 0.3 is 0 Å². The number of fused-ring (bicyclic) bond motifs is 10. The van der Waals surface area contributed by atoms with Gasteiger partial charge in [-0.2, -0.15) is 0 Å². The molecule has 1 aromatic heterocycles. The van der Waals surface area contributed by atoms with E-state index >= 15 is 0 Å². The highest BCUT2D eigenvalue weighted by atomic mass is 32.1. The molecule has 11 aromatic carbocycles. The summed E-state index contributed by atoms with van der Waals surface area (Å²) in [7, 11) is 0. The van der Waals surface area contributed by atoms with Crippen molar-refractivity contribution >= 4 is 80.9 Å². The normalized spacial score (nSPS) is 12.9. The van der Waals surface area contributed by atoms with E-state index in [0.717, 1.165) is 11.4 Å². The second-order valence-corrected chi connectivity index (χ2v) is 17.8.